The Balaban J connectivity index is 2.30. The van der Waals surface area contributed by atoms with E-state index in [-0.39, 0.29) is 18.6 Å². The van der Waals surface area contributed by atoms with Crippen molar-refractivity contribution in [1.82, 2.24) is 4.90 Å². The highest BCUT2D eigenvalue weighted by Gasteiger charge is 2.31. The normalized spacial score (nSPS) is 19.3. The molecule has 0 radical (unpaired) electrons. The fraction of sp³-hybridized carbons (Fsp3) is 0.308. The smallest absolute Gasteiger partial charge is 0.256 e. The quantitative estimate of drug-likeness (QED) is 0.480. The van der Waals surface area contributed by atoms with E-state index in [2.05, 4.69) is 29.2 Å². The van der Waals surface area contributed by atoms with Crippen LogP contribution >= 0.6 is 22.6 Å². The van der Waals surface area contributed by atoms with E-state index in [0.29, 0.717) is 24.2 Å². The highest BCUT2D eigenvalue weighted by molar-refractivity contribution is 14.1. The fourth-order valence-corrected chi connectivity index (χ4v) is 2.64. The average molecular weight is 358 g/mol. The third-order valence-electron chi connectivity index (χ3n) is 3.08. The molecule has 1 saturated heterocycles. The average Bonchev–Trinajstić information content (AvgIpc) is 2.72. The van der Waals surface area contributed by atoms with Crippen molar-refractivity contribution in [2.24, 2.45) is 0 Å². The molecule has 0 spiro atoms. The minimum absolute atomic E-state index is 0.0470. The van der Waals surface area contributed by atoms with Gasteiger partial charge in [-0.25, -0.2) is 0 Å². The molecule has 1 unspecified atom stereocenters. The number of carbonyl (C=O) groups is 1. The number of benzene rings is 1. The van der Waals surface area contributed by atoms with Crippen molar-refractivity contribution in [1.29, 1.82) is 0 Å². The van der Waals surface area contributed by atoms with Crippen molar-refractivity contribution in [3.63, 3.8) is 0 Å². The highest BCUT2D eigenvalue weighted by Crippen LogP contribution is 2.25. The summed E-state index contributed by atoms with van der Waals surface area (Å²) in [7, 11) is 0. The lowest BCUT2D eigenvalue weighted by Crippen LogP contribution is -2.38. The monoisotopic (exact) mass is 358 g/mol. The Morgan fingerprint density at radius 2 is 2.33 bits per heavy atom. The number of aliphatic hydroxyl groups is 1. The van der Waals surface area contributed by atoms with Gasteiger partial charge in [-0.1, -0.05) is 12.2 Å². The van der Waals surface area contributed by atoms with E-state index in [1.54, 1.807) is 17.0 Å². The van der Waals surface area contributed by atoms with Crippen LogP contribution in [0, 0.1) is 3.57 Å². The number of hydrogen-bond donors (Lipinski definition) is 2. The van der Waals surface area contributed by atoms with Crippen LogP contribution in [0.3, 0.4) is 0 Å². The lowest BCUT2D eigenvalue weighted by Gasteiger charge is -2.23. The van der Waals surface area contributed by atoms with Gasteiger partial charge in [0, 0.05) is 15.8 Å². The molecule has 4 nitrogen and oxygen atoms in total. The number of nitrogens with two attached hydrogens (primary N) is 1. The van der Waals surface area contributed by atoms with Crippen molar-refractivity contribution in [2.45, 2.75) is 12.5 Å². The first-order valence-corrected chi connectivity index (χ1v) is 6.74. The molecule has 0 bridgehead atoms. The Hall–Kier alpha value is -1.08. The molecule has 0 aliphatic carbocycles. The maximum Gasteiger partial charge on any atom is 0.256 e. The molecular weight excluding hydrogens is 343 g/mol. The molecule has 1 fully saturated rings. The predicted octanol–water partition coefficient (Wildman–Crippen LogP) is 1.64. The van der Waals surface area contributed by atoms with Crippen LogP contribution in [0.25, 0.3) is 0 Å². The lowest BCUT2D eigenvalue weighted by atomic mass is 10.1. The van der Waals surface area contributed by atoms with Crippen molar-refractivity contribution in [3.05, 3.63) is 39.5 Å². The fourth-order valence-electron chi connectivity index (χ4n) is 2.15. The van der Waals surface area contributed by atoms with E-state index in [0.717, 1.165) is 9.14 Å². The third kappa shape index (κ3) is 2.51. The predicted molar refractivity (Wildman–Crippen MR) is 79.2 cm³/mol. The van der Waals surface area contributed by atoms with Gasteiger partial charge in [0.05, 0.1) is 18.2 Å². The first kappa shape index (κ1) is 13.4. The van der Waals surface area contributed by atoms with Crippen LogP contribution in [-0.4, -0.2) is 35.1 Å². The minimum atomic E-state index is -0.178. The van der Waals surface area contributed by atoms with Gasteiger partial charge in [0.1, 0.15) is 0 Å². The number of carbonyl (C=O) groups excluding carboxylic acids is 1. The molecular formula is C13H15IN2O2. The van der Waals surface area contributed by atoms with Crippen LogP contribution in [0.2, 0.25) is 0 Å². The summed E-state index contributed by atoms with van der Waals surface area (Å²) in [5, 5.41) is 9.31. The number of nitrogen functional groups attached to an aromatic ring is 1. The summed E-state index contributed by atoms with van der Waals surface area (Å²) in [5.41, 5.74) is 7.77. The van der Waals surface area contributed by atoms with Crippen LogP contribution in [0.1, 0.15) is 16.8 Å². The topological polar surface area (TPSA) is 66.6 Å². The SMILES string of the molecule is C=C1CC(CO)N(C(=O)c2cc(I)ccc2N)C1. The van der Waals surface area contributed by atoms with Crippen molar-refractivity contribution in [2.75, 3.05) is 18.9 Å². The molecule has 96 valence electrons. The van der Waals surface area contributed by atoms with Gasteiger partial charge in [0.2, 0.25) is 0 Å². The number of aliphatic hydroxyl groups excluding tert-OH is 1. The van der Waals surface area contributed by atoms with E-state index in [1.165, 1.54) is 0 Å². The van der Waals surface area contributed by atoms with Gasteiger partial charge in [-0.15, -0.1) is 0 Å². The first-order valence-electron chi connectivity index (χ1n) is 5.66. The maximum absolute atomic E-state index is 12.4. The minimum Gasteiger partial charge on any atom is -0.398 e. The molecule has 1 aromatic rings. The Morgan fingerprint density at radius 1 is 1.61 bits per heavy atom. The van der Waals surface area contributed by atoms with Crippen LogP contribution in [0.5, 0.6) is 0 Å². The van der Waals surface area contributed by atoms with E-state index >= 15 is 0 Å². The molecule has 2 rings (SSSR count). The zero-order valence-corrected chi connectivity index (χ0v) is 12.1. The van der Waals surface area contributed by atoms with E-state index in [1.807, 2.05) is 6.07 Å². The molecule has 0 saturated carbocycles. The maximum atomic E-state index is 12.4. The lowest BCUT2D eigenvalue weighted by molar-refractivity contribution is 0.0680. The number of anilines is 1. The molecule has 5 heteroatoms. The summed E-state index contributed by atoms with van der Waals surface area (Å²) in [6, 6.07) is 5.18. The van der Waals surface area contributed by atoms with E-state index < -0.39 is 0 Å². The molecule has 18 heavy (non-hydrogen) atoms. The van der Waals surface area contributed by atoms with Crippen molar-refractivity contribution >= 4 is 34.2 Å². The van der Waals surface area contributed by atoms with Crippen LogP contribution in [-0.2, 0) is 0 Å². The number of halogens is 1. The third-order valence-corrected chi connectivity index (χ3v) is 3.75. The largest absolute Gasteiger partial charge is 0.398 e. The summed E-state index contributed by atoms with van der Waals surface area (Å²) >= 11 is 2.14. The number of amides is 1. The number of hydrogen-bond acceptors (Lipinski definition) is 3. The second-order valence-corrected chi connectivity index (χ2v) is 5.70. The van der Waals surface area contributed by atoms with Gasteiger partial charge in [-0.3, -0.25) is 4.79 Å². The first-order chi connectivity index (χ1) is 8.52. The van der Waals surface area contributed by atoms with Gasteiger partial charge in [0.15, 0.2) is 0 Å². The highest BCUT2D eigenvalue weighted by atomic mass is 127. The van der Waals surface area contributed by atoms with Gasteiger partial charge < -0.3 is 15.7 Å². The van der Waals surface area contributed by atoms with E-state index in [9.17, 15) is 9.90 Å². The van der Waals surface area contributed by atoms with Crippen LogP contribution in [0.15, 0.2) is 30.4 Å². The number of nitrogens with zero attached hydrogens (tertiary/aromatic N) is 1. The second-order valence-electron chi connectivity index (χ2n) is 4.46. The van der Waals surface area contributed by atoms with Gasteiger partial charge in [-0.2, -0.15) is 0 Å². The zero-order valence-electron chi connectivity index (χ0n) is 9.90. The van der Waals surface area contributed by atoms with Crippen LogP contribution in [0.4, 0.5) is 5.69 Å². The Bertz CT molecular complexity index is 502. The summed E-state index contributed by atoms with van der Waals surface area (Å²) in [6.45, 7) is 4.33. The Labute approximate surface area is 120 Å². The number of likely N-dealkylation sites (tertiary alicyclic amines) is 1. The molecule has 1 amide bonds. The molecule has 3 N–H and O–H groups in total. The number of rotatable bonds is 2. The summed E-state index contributed by atoms with van der Waals surface area (Å²) in [6.07, 6.45) is 0.659. The summed E-state index contributed by atoms with van der Waals surface area (Å²) < 4.78 is 0.962. The summed E-state index contributed by atoms with van der Waals surface area (Å²) in [5.74, 6) is -0.135. The standard InChI is InChI=1S/C13H15IN2O2/c1-8-4-10(7-17)16(6-8)13(18)11-5-9(14)2-3-12(11)15/h2-3,5,10,17H,1,4,6-7,15H2. The second kappa shape index (κ2) is 5.27. The van der Waals surface area contributed by atoms with Crippen molar-refractivity contribution in [3.8, 4) is 0 Å². The molecule has 1 aliphatic heterocycles. The van der Waals surface area contributed by atoms with Gasteiger partial charge >= 0.3 is 0 Å². The molecule has 1 atom stereocenters. The van der Waals surface area contributed by atoms with Gasteiger partial charge in [-0.05, 0) is 47.2 Å². The zero-order chi connectivity index (χ0) is 13.3. The van der Waals surface area contributed by atoms with E-state index in [4.69, 9.17) is 5.73 Å². The molecule has 1 heterocycles. The van der Waals surface area contributed by atoms with Crippen LogP contribution < -0.4 is 5.73 Å². The Morgan fingerprint density at radius 3 is 3.00 bits per heavy atom. The molecule has 1 aliphatic rings. The summed E-state index contributed by atoms with van der Waals surface area (Å²) in [4.78, 5) is 14.1. The molecule has 0 aromatic heterocycles. The Kier molecular flexibility index (Phi) is 3.91. The van der Waals surface area contributed by atoms with Gasteiger partial charge in [0.25, 0.3) is 5.91 Å². The molecule has 1 aromatic carbocycles. The van der Waals surface area contributed by atoms with Crippen molar-refractivity contribution < 1.29 is 9.90 Å².